The first-order chi connectivity index (χ1) is 12.9. The lowest BCUT2D eigenvalue weighted by molar-refractivity contribution is 0.105. The van der Waals surface area contributed by atoms with Gasteiger partial charge in [-0.25, -0.2) is 0 Å². The van der Waals surface area contributed by atoms with Crippen molar-refractivity contribution in [2.45, 2.75) is 59.5 Å². The largest absolute Gasteiger partial charge is 0.494 e. The van der Waals surface area contributed by atoms with E-state index in [0.717, 1.165) is 34.7 Å². The van der Waals surface area contributed by atoms with Gasteiger partial charge in [0.25, 0.3) is 0 Å². The van der Waals surface area contributed by atoms with E-state index >= 15 is 0 Å². The van der Waals surface area contributed by atoms with Gasteiger partial charge in [-0.2, -0.15) is 0 Å². The summed E-state index contributed by atoms with van der Waals surface area (Å²) in [6, 6.07) is 13.7. The summed E-state index contributed by atoms with van der Waals surface area (Å²) < 4.78 is 11.5. The normalized spacial score (nSPS) is 14.3. The number of hydrogen-bond acceptors (Lipinski definition) is 5. The molecule has 5 heteroatoms. The molecule has 2 rings (SSSR count). The third-order valence-corrected chi connectivity index (χ3v) is 4.29. The van der Waals surface area contributed by atoms with Crippen molar-refractivity contribution in [3.8, 4) is 11.5 Å². The van der Waals surface area contributed by atoms with Crippen LogP contribution >= 0.6 is 0 Å². The Hall–Kier alpha value is -2.24. The fourth-order valence-electron chi connectivity index (χ4n) is 2.82. The molecule has 0 saturated carbocycles. The molecular weight excluding hydrogens is 340 g/mol. The lowest BCUT2D eigenvalue weighted by Crippen LogP contribution is -2.50. The molecule has 2 aromatic rings. The topological polar surface area (TPSA) is 62.8 Å². The van der Waals surface area contributed by atoms with Gasteiger partial charge in [-0.3, -0.25) is 5.32 Å². The monoisotopic (exact) mass is 372 g/mol. The average Bonchev–Trinajstić information content (AvgIpc) is 2.63. The van der Waals surface area contributed by atoms with E-state index in [9.17, 15) is 5.11 Å². The maximum absolute atomic E-state index is 10.2. The van der Waals surface area contributed by atoms with Crippen LogP contribution in [0.2, 0.25) is 0 Å². The van der Waals surface area contributed by atoms with E-state index in [1.165, 1.54) is 0 Å². The van der Waals surface area contributed by atoms with Crippen LogP contribution in [0.15, 0.2) is 42.5 Å². The van der Waals surface area contributed by atoms with E-state index < -0.39 is 6.10 Å². The zero-order chi connectivity index (χ0) is 19.8. The molecule has 0 spiro atoms. The second-order valence-electron chi connectivity index (χ2n) is 6.88. The second-order valence-corrected chi connectivity index (χ2v) is 6.88. The first kappa shape index (κ1) is 21.1. The van der Waals surface area contributed by atoms with Gasteiger partial charge >= 0.3 is 0 Å². The van der Waals surface area contributed by atoms with Gasteiger partial charge in [-0.15, -0.1) is 0 Å². The van der Waals surface area contributed by atoms with Crippen molar-refractivity contribution in [1.29, 1.82) is 0 Å². The van der Waals surface area contributed by atoms with E-state index in [2.05, 4.69) is 43.5 Å². The Kier molecular flexibility index (Phi) is 7.95. The Morgan fingerprint density at radius 3 is 2.11 bits per heavy atom. The van der Waals surface area contributed by atoms with Crippen LogP contribution in [0, 0.1) is 13.8 Å². The summed E-state index contributed by atoms with van der Waals surface area (Å²) in [6.07, 6.45) is -0.247. The summed E-state index contributed by atoms with van der Waals surface area (Å²) in [5.41, 5.74) is 3.30. The standard InChI is InChI=1S/C22H32N2O3/c1-6-14-26-19-10-12-20(13-11-19)27-18(5)23-22(17(4)25)24-21-15(2)8-7-9-16(21)3/h7-13,17-18,22-25H,6,14H2,1-5H3. The Labute approximate surface area is 162 Å². The SMILES string of the molecule is CCCOc1ccc(OC(C)NC(Nc2c(C)cccc2C)C(C)O)cc1. The van der Waals surface area contributed by atoms with Crippen molar-refractivity contribution >= 4 is 5.69 Å². The summed E-state index contributed by atoms with van der Waals surface area (Å²) >= 11 is 0. The lowest BCUT2D eigenvalue weighted by Gasteiger charge is -2.29. The van der Waals surface area contributed by atoms with Gasteiger partial charge in [0, 0.05) is 5.69 Å². The third-order valence-electron chi connectivity index (χ3n) is 4.29. The summed E-state index contributed by atoms with van der Waals surface area (Å²) in [4.78, 5) is 0. The van der Waals surface area contributed by atoms with E-state index in [-0.39, 0.29) is 12.4 Å². The molecule has 0 aliphatic rings. The molecule has 0 aliphatic carbocycles. The number of nitrogens with one attached hydrogen (secondary N) is 2. The van der Waals surface area contributed by atoms with Crippen molar-refractivity contribution in [2.75, 3.05) is 11.9 Å². The molecule has 2 aromatic carbocycles. The molecule has 3 atom stereocenters. The minimum Gasteiger partial charge on any atom is -0.494 e. The van der Waals surface area contributed by atoms with Gasteiger partial charge in [0.1, 0.15) is 23.9 Å². The Morgan fingerprint density at radius 2 is 1.56 bits per heavy atom. The van der Waals surface area contributed by atoms with E-state index in [1.54, 1.807) is 6.92 Å². The molecule has 148 valence electrons. The smallest absolute Gasteiger partial charge is 0.148 e. The molecule has 0 radical (unpaired) electrons. The highest BCUT2D eigenvalue weighted by molar-refractivity contribution is 5.57. The maximum Gasteiger partial charge on any atom is 0.148 e. The fourth-order valence-corrected chi connectivity index (χ4v) is 2.82. The van der Waals surface area contributed by atoms with Gasteiger partial charge in [-0.1, -0.05) is 25.1 Å². The quantitative estimate of drug-likeness (QED) is 0.545. The number of aryl methyl sites for hydroxylation is 2. The minimum absolute atomic E-state index is 0.288. The predicted molar refractivity (Wildman–Crippen MR) is 110 cm³/mol. The molecule has 0 heterocycles. The zero-order valence-corrected chi connectivity index (χ0v) is 17.0. The summed E-state index contributed by atoms with van der Waals surface area (Å²) in [5.74, 6) is 1.58. The zero-order valence-electron chi connectivity index (χ0n) is 17.0. The fraction of sp³-hybridized carbons (Fsp3) is 0.455. The highest BCUT2D eigenvalue weighted by atomic mass is 16.5. The molecule has 0 aromatic heterocycles. The van der Waals surface area contributed by atoms with E-state index in [0.29, 0.717) is 6.61 Å². The highest BCUT2D eigenvalue weighted by Crippen LogP contribution is 2.21. The number of hydrogen-bond donors (Lipinski definition) is 3. The van der Waals surface area contributed by atoms with Crippen molar-refractivity contribution in [1.82, 2.24) is 5.32 Å². The number of para-hydroxylation sites is 1. The number of rotatable bonds is 10. The first-order valence-corrected chi connectivity index (χ1v) is 9.57. The number of anilines is 1. The average molecular weight is 373 g/mol. The molecular formula is C22H32N2O3. The molecule has 0 fully saturated rings. The van der Waals surface area contributed by atoms with Crippen LogP contribution in [0.5, 0.6) is 11.5 Å². The van der Waals surface area contributed by atoms with Crippen LogP contribution in [0.4, 0.5) is 5.69 Å². The van der Waals surface area contributed by atoms with Crippen LogP contribution in [-0.2, 0) is 0 Å². The van der Waals surface area contributed by atoms with Crippen LogP contribution in [0.3, 0.4) is 0 Å². The highest BCUT2D eigenvalue weighted by Gasteiger charge is 2.19. The van der Waals surface area contributed by atoms with Crippen molar-refractivity contribution in [2.24, 2.45) is 0 Å². The number of benzene rings is 2. The van der Waals surface area contributed by atoms with E-state index in [1.807, 2.05) is 37.3 Å². The van der Waals surface area contributed by atoms with Gasteiger partial charge in [-0.05, 0) is 69.5 Å². The molecule has 0 bridgehead atoms. The van der Waals surface area contributed by atoms with Crippen LogP contribution in [0.1, 0.15) is 38.3 Å². The molecule has 5 nitrogen and oxygen atoms in total. The summed E-state index contributed by atoms with van der Waals surface area (Å²) in [7, 11) is 0. The lowest BCUT2D eigenvalue weighted by atomic mass is 10.1. The maximum atomic E-state index is 10.2. The van der Waals surface area contributed by atoms with Crippen LogP contribution in [0.25, 0.3) is 0 Å². The molecule has 0 saturated heterocycles. The van der Waals surface area contributed by atoms with Gasteiger partial charge in [0.15, 0.2) is 0 Å². The van der Waals surface area contributed by atoms with Gasteiger partial charge < -0.3 is 19.9 Å². The minimum atomic E-state index is -0.597. The van der Waals surface area contributed by atoms with Crippen molar-refractivity contribution in [3.05, 3.63) is 53.6 Å². The molecule has 3 unspecified atom stereocenters. The Bertz CT molecular complexity index is 681. The number of ether oxygens (including phenoxy) is 2. The van der Waals surface area contributed by atoms with E-state index in [4.69, 9.17) is 9.47 Å². The Balaban J connectivity index is 1.97. The summed E-state index contributed by atoms with van der Waals surface area (Å²) in [5, 5.41) is 16.9. The molecule has 0 amide bonds. The van der Waals surface area contributed by atoms with Gasteiger partial charge in [0.05, 0.1) is 12.7 Å². The predicted octanol–water partition coefficient (Wildman–Crippen LogP) is 4.23. The second kappa shape index (κ2) is 10.2. The van der Waals surface area contributed by atoms with Crippen LogP contribution in [-0.4, -0.2) is 30.2 Å². The van der Waals surface area contributed by atoms with Crippen molar-refractivity contribution in [3.63, 3.8) is 0 Å². The molecule has 0 aliphatic heterocycles. The van der Waals surface area contributed by atoms with Crippen LogP contribution < -0.4 is 20.1 Å². The van der Waals surface area contributed by atoms with Crippen molar-refractivity contribution < 1.29 is 14.6 Å². The Morgan fingerprint density at radius 1 is 0.963 bits per heavy atom. The summed E-state index contributed by atoms with van der Waals surface area (Å²) in [6.45, 7) is 10.6. The third kappa shape index (κ3) is 6.45. The number of aliphatic hydroxyl groups excluding tert-OH is 1. The first-order valence-electron chi connectivity index (χ1n) is 9.57. The molecule has 3 N–H and O–H groups in total. The van der Waals surface area contributed by atoms with Gasteiger partial charge in [0.2, 0.25) is 0 Å². The number of aliphatic hydroxyl groups is 1. The molecule has 27 heavy (non-hydrogen) atoms.